The fourth-order valence-electron chi connectivity index (χ4n) is 1.80. The van der Waals surface area contributed by atoms with Crippen LogP contribution in [0.3, 0.4) is 0 Å². The highest BCUT2D eigenvalue weighted by molar-refractivity contribution is 7.92. The van der Waals surface area contributed by atoms with Crippen LogP contribution in [0.2, 0.25) is 0 Å². The minimum atomic E-state index is -4.28. The minimum Gasteiger partial charge on any atom is -0.370 e. The number of hydrogen-bond acceptors (Lipinski definition) is 6. The number of rotatable bonds is 5. The molecule has 0 fully saturated rings. The van der Waals surface area contributed by atoms with Crippen molar-refractivity contribution >= 4 is 21.3 Å². The SMILES string of the molecule is O=C(c1cccc([N+](=O)[O-])c1)C(O)S(=O)(=O)c1ccccc1. The molecule has 0 bridgehead atoms. The van der Waals surface area contributed by atoms with Gasteiger partial charge in [0.1, 0.15) is 0 Å². The van der Waals surface area contributed by atoms with E-state index in [1.54, 1.807) is 6.07 Å². The van der Waals surface area contributed by atoms with Crippen LogP contribution in [-0.4, -0.2) is 29.7 Å². The van der Waals surface area contributed by atoms with E-state index in [9.17, 15) is 28.4 Å². The predicted molar refractivity (Wildman–Crippen MR) is 77.1 cm³/mol. The summed E-state index contributed by atoms with van der Waals surface area (Å²) in [5.41, 5.74) is -2.94. The summed E-state index contributed by atoms with van der Waals surface area (Å²) in [6, 6.07) is 11.5. The van der Waals surface area contributed by atoms with Gasteiger partial charge in [0.25, 0.3) is 5.69 Å². The molecular formula is C14H11NO6S. The zero-order valence-electron chi connectivity index (χ0n) is 11.1. The number of nitro benzene ring substituents is 1. The number of carbonyl (C=O) groups excluding carboxylic acids is 1. The molecule has 0 aliphatic rings. The zero-order valence-corrected chi connectivity index (χ0v) is 11.9. The number of aliphatic hydroxyl groups is 1. The van der Waals surface area contributed by atoms with Crippen LogP contribution in [-0.2, 0) is 9.84 Å². The van der Waals surface area contributed by atoms with E-state index in [0.29, 0.717) is 0 Å². The molecule has 0 saturated heterocycles. The van der Waals surface area contributed by atoms with Gasteiger partial charge in [-0.3, -0.25) is 14.9 Å². The van der Waals surface area contributed by atoms with Crippen molar-refractivity contribution in [3.63, 3.8) is 0 Å². The molecule has 0 heterocycles. The molecule has 0 saturated carbocycles. The summed E-state index contributed by atoms with van der Waals surface area (Å²) in [5, 5.41) is 20.6. The van der Waals surface area contributed by atoms with Crippen molar-refractivity contribution in [1.29, 1.82) is 0 Å². The molecule has 114 valence electrons. The largest absolute Gasteiger partial charge is 0.370 e. The Morgan fingerprint density at radius 1 is 1.09 bits per heavy atom. The van der Waals surface area contributed by atoms with Crippen molar-refractivity contribution in [2.24, 2.45) is 0 Å². The van der Waals surface area contributed by atoms with Crippen molar-refractivity contribution in [2.75, 3.05) is 0 Å². The predicted octanol–water partition coefficient (Wildman–Crippen LogP) is 1.57. The van der Waals surface area contributed by atoms with Crippen LogP contribution in [0.1, 0.15) is 10.4 Å². The van der Waals surface area contributed by atoms with Crippen LogP contribution in [0.5, 0.6) is 0 Å². The van der Waals surface area contributed by atoms with Gasteiger partial charge in [-0.15, -0.1) is 0 Å². The number of hydrogen-bond donors (Lipinski definition) is 1. The molecule has 2 aromatic rings. The Labute approximate surface area is 125 Å². The molecule has 0 radical (unpaired) electrons. The third-order valence-electron chi connectivity index (χ3n) is 2.93. The Bertz CT molecular complexity index is 816. The van der Waals surface area contributed by atoms with Gasteiger partial charge in [0, 0.05) is 17.7 Å². The third kappa shape index (κ3) is 3.02. The number of nitrogens with zero attached hydrogens (tertiary/aromatic N) is 1. The van der Waals surface area contributed by atoms with E-state index in [1.165, 1.54) is 36.4 Å². The van der Waals surface area contributed by atoms with Gasteiger partial charge in [-0.1, -0.05) is 30.3 Å². The van der Waals surface area contributed by atoms with Crippen LogP contribution in [0.15, 0.2) is 59.5 Å². The van der Waals surface area contributed by atoms with Crippen LogP contribution < -0.4 is 0 Å². The lowest BCUT2D eigenvalue weighted by Gasteiger charge is -2.11. The quantitative estimate of drug-likeness (QED) is 0.508. The molecule has 0 aromatic heterocycles. The van der Waals surface area contributed by atoms with Crippen molar-refractivity contribution in [1.82, 2.24) is 0 Å². The third-order valence-corrected chi connectivity index (χ3v) is 4.66. The maximum Gasteiger partial charge on any atom is 0.270 e. The number of carbonyl (C=O) groups is 1. The van der Waals surface area contributed by atoms with Crippen LogP contribution in [0, 0.1) is 10.1 Å². The highest BCUT2D eigenvalue weighted by Gasteiger charge is 2.33. The van der Waals surface area contributed by atoms with E-state index in [0.717, 1.165) is 12.1 Å². The molecule has 1 atom stereocenters. The van der Waals surface area contributed by atoms with Crippen molar-refractivity contribution in [3.8, 4) is 0 Å². The lowest BCUT2D eigenvalue weighted by atomic mass is 10.1. The number of Topliss-reactive ketones (excluding diaryl/α,β-unsaturated/α-hetero) is 1. The molecule has 7 nitrogen and oxygen atoms in total. The maximum atomic E-state index is 12.2. The maximum absolute atomic E-state index is 12.2. The average molecular weight is 321 g/mol. The monoisotopic (exact) mass is 321 g/mol. The van der Waals surface area contributed by atoms with E-state index in [1.807, 2.05) is 0 Å². The van der Waals surface area contributed by atoms with Gasteiger partial charge in [0.15, 0.2) is 0 Å². The molecule has 0 amide bonds. The summed E-state index contributed by atoms with van der Waals surface area (Å²) >= 11 is 0. The van der Waals surface area contributed by atoms with Crippen LogP contribution in [0.4, 0.5) is 5.69 Å². The zero-order chi connectivity index (χ0) is 16.3. The summed E-state index contributed by atoms with van der Waals surface area (Å²) in [5.74, 6) is -1.12. The number of ketones is 1. The van der Waals surface area contributed by atoms with Gasteiger partial charge in [-0.25, -0.2) is 8.42 Å². The van der Waals surface area contributed by atoms with Gasteiger partial charge < -0.3 is 5.11 Å². The van der Waals surface area contributed by atoms with Crippen LogP contribution in [0.25, 0.3) is 0 Å². The molecule has 1 N–H and O–H groups in total. The first-order valence-electron chi connectivity index (χ1n) is 6.09. The van der Waals surface area contributed by atoms with Gasteiger partial charge in [-0.05, 0) is 12.1 Å². The Balaban J connectivity index is 2.37. The highest BCUT2D eigenvalue weighted by atomic mass is 32.2. The van der Waals surface area contributed by atoms with Gasteiger partial charge in [0.2, 0.25) is 21.1 Å². The summed E-state index contributed by atoms with van der Waals surface area (Å²) in [6.45, 7) is 0. The van der Waals surface area contributed by atoms with E-state index >= 15 is 0 Å². The average Bonchev–Trinajstić information content (AvgIpc) is 2.54. The topological polar surface area (TPSA) is 115 Å². The van der Waals surface area contributed by atoms with Gasteiger partial charge >= 0.3 is 0 Å². The molecular weight excluding hydrogens is 310 g/mol. The molecule has 0 aliphatic carbocycles. The number of aliphatic hydroxyl groups excluding tert-OH is 1. The van der Waals surface area contributed by atoms with E-state index in [4.69, 9.17) is 0 Å². The van der Waals surface area contributed by atoms with Crippen molar-refractivity contribution in [3.05, 3.63) is 70.3 Å². The summed E-state index contributed by atoms with van der Waals surface area (Å²) in [4.78, 5) is 21.8. The van der Waals surface area contributed by atoms with Crippen molar-refractivity contribution in [2.45, 2.75) is 10.3 Å². The first-order valence-corrected chi connectivity index (χ1v) is 7.64. The lowest BCUT2D eigenvalue weighted by molar-refractivity contribution is -0.384. The Hall–Kier alpha value is -2.58. The summed E-state index contributed by atoms with van der Waals surface area (Å²) < 4.78 is 24.3. The first kappa shape index (κ1) is 15.8. The molecule has 8 heteroatoms. The number of sulfone groups is 1. The van der Waals surface area contributed by atoms with Crippen molar-refractivity contribution < 1.29 is 23.2 Å². The standard InChI is InChI=1S/C14H11NO6S/c16-13(10-5-4-6-11(9-10)15(18)19)14(17)22(20,21)12-7-2-1-3-8-12/h1-9,14,17H. The fourth-order valence-corrected chi connectivity index (χ4v) is 3.01. The summed E-state index contributed by atoms with van der Waals surface area (Å²) in [6.07, 6.45) is 0. The molecule has 0 aliphatic heterocycles. The van der Waals surface area contributed by atoms with Gasteiger partial charge in [0.05, 0.1) is 9.82 Å². The molecule has 1 unspecified atom stereocenters. The van der Waals surface area contributed by atoms with E-state index in [2.05, 4.69) is 0 Å². The first-order chi connectivity index (χ1) is 10.3. The fraction of sp³-hybridized carbons (Fsp3) is 0.0714. The Morgan fingerprint density at radius 3 is 2.32 bits per heavy atom. The highest BCUT2D eigenvalue weighted by Crippen LogP contribution is 2.20. The summed E-state index contributed by atoms with van der Waals surface area (Å²) in [7, 11) is -4.28. The smallest absolute Gasteiger partial charge is 0.270 e. The Morgan fingerprint density at radius 2 is 1.73 bits per heavy atom. The van der Waals surface area contributed by atoms with Gasteiger partial charge in [-0.2, -0.15) is 0 Å². The minimum absolute atomic E-state index is 0.207. The molecule has 0 spiro atoms. The second-order valence-electron chi connectivity index (χ2n) is 4.38. The number of nitro groups is 1. The normalized spacial score (nSPS) is 12.6. The number of non-ortho nitro benzene ring substituents is 1. The Kier molecular flexibility index (Phi) is 4.34. The van der Waals surface area contributed by atoms with Crippen LogP contribution >= 0.6 is 0 Å². The molecule has 2 rings (SSSR count). The second-order valence-corrected chi connectivity index (χ2v) is 6.39. The second kappa shape index (κ2) is 6.04. The molecule has 2 aromatic carbocycles. The molecule has 22 heavy (non-hydrogen) atoms. The lowest BCUT2D eigenvalue weighted by Crippen LogP contribution is -2.30. The van der Waals surface area contributed by atoms with E-state index in [-0.39, 0.29) is 16.1 Å². The number of benzene rings is 2. The van der Waals surface area contributed by atoms with E-state index < -0.39 is 26.0 Å².